The summed E-state index contributed by atoms with van der Waals surface area (Å²) in [4.78, 5) is 37.5. The molecular weight excluding hydrogens is 396 g/mol. The molecule has 0 radical (unpaired) electrons. The van der Waals surface area contributed by atoms with Crippen LogP contribution in [0, 0.1) is 16.0 Å². The Hall–Kier alpha value is -2.15. The van der Waals surface area contributed by atoms with Gasteiger partial charge in [0.15, 0.2) is 5.78 Å². The summed E-state index contributed by atoms with van der Waals surface area (Å²) < 4.78 is 5.38. The van der Waals surface area contributed by atoms with Crippen molar-refractivity contribution in [2.45, 2.75) is 65.4 Å². The highest BCUT2D eigenvalue weighted by Gasteiger charge is 2.29. The Morgan fingerprint density at radius 3 is 2.41 bits per heavy atom. The fourth-order valence-corrected chi connectivity index (χ4v) is 3.77. The molecule has 1 heterocycles. The van der Waals surface area contributed by atoms with Crippen LogP contribution in [0.2, 0.25) is 5.02 Å². The summed E-state index contributed by atoms with van der Waals surface area (Å²) >= 11 is 6.27. The van der Waals surface area contributed by atoms with Gasteiger partial charge in [0.25, 0.3) is 5.69 Å². The third-order valence-corrected chi connectivity index (χ3v) is 5.24. The first kappa shape index (κ1) is 23.1. The molecule has 8 heteroatoms. The molecule has 1 aliphatic rings. The van der Waals surface area contributed by atoms with Crippen LogP contribution in [-0.2, 0) is 11.2 Å². The molecule has 0 aliphatic carbocycles. The molecule has 1 aromatic carbocycles. The zero-order valence-corrected chi connectivity index (χ0v) is 18.3. The molecule has 0 unspecified atom stereocenters. The van der Waals surface area contributed by atoms with Crippen molar-refractivity contribution in [3.05, 3.63) is 38.4 Å². The molecule has 0 atom stereocenters. The average molecular weight is 425 g/mol. The zero-order valence-electron chi connectivity index (χ0n) is 17.5. The largest absolute Gasteiger partial charge is 0.444 e. The Morgan fingerprint density at radius 2 is 1.90 bits per heavy atom. The number of nitro groups is 1. The molecular formula is C21H29ClN2O5. The Balaban J connectivity index is 2.02. The predicted molar refractivity (Wildman–Crippen MR) is 112 cm³/mol. The fraction of sp³-hybridized carbons (Fsp3) is 0.619. The second-order valence-corrected chi connectivity index (χ2v) is 8.91. The predicted octanol–water partition coefficient (Wildman–Crippen LogP) is 5.42. The molecule has 0 bridgehead atoms. The number of piperidine rings is 1. The molecule has 7 nitrogen and oxygen atoms in total. The van der Waals surface area contributed by atoms with Crippen LogP contribution in [0.15, 0.2) is 12.1 Å². The summed E-state index contributed by atoms with van der Waals surface area (Å²) in [5.74, 6) is -0.0940. The molecule has 0 saturated carbocycles. The SMILES string of the molecule is CCCc1cc(Cl)c(C(=O)CC2CCN(C(=O)OC(C)(C)C)CC2)cc1[N+](=O)[O-]. The fourth-order valence-electron chi connectivity index (χ4n) is 3.47. The van der Waals surface area contributed by atoms with E-state index in [9.17, 15) is 19.7 Å². The lowest BCUT2D eigenvalue weighted by atomic mass is 9.89. The van der Waals surface area contributed by atoms with Crippen LogP contribution in [0.5, 0.6) is 0 Å². The zero-order chi connectivity index (χ0) is 21.8. The molecule has 0 spiro atoms. The van der Waals surface area contributed by atoms with Crippen LogP contribution in [0.4, 0.5) is 10.5 Å². The van der Waals surface area contributed by atoms with Crippen LogP contribution in [0.3, 0.4) is 0 Å². The minimum Gasteiger partial charge on any atom is -0.444 e. The van der Waals surface area contributed by atoms with Gasteiger partial charge in [0, 0.05) is 36.7 Å². The van der Waals surface area contributed by atoms with Crippen molar-refractivity contribution in [1.82, 2.24) is 4.90 Å². The maximum Gasteiger partial charge on any atom is 0.410 e. The number of hydrogen-bond acceptors (Lipinski definition) is 5. The number of ether oxygens (including phenoxy) is 1. The lowest BCUT2D eigenvalue weighted by Gasteiger charge is -2.33. The smallest absolute Gasteiger partial charge is 0.410 e. The van der Waals surface area contributed by atoms with Gasteiger partial charge in [0.2, 0.25) is 0 Å². The number of Topliss-reactive ketones (excluding diaryl/α,β-unsaturated/α-hetero) is 1. The molecule has 160 valence electrons. The van der Waals surface area contributed by atoms with E-state index in [1.165, 1.54) is 6.07 Å². The summed E-state index contributed by atoms with van der Waals surface area (Å²) in [7, 11) is 0. The van der Waals surface area contributed by atoms with Crippen molar-refractivity contribution in [3.63, 3.8) is 0 Å². The van der Waals surface area contributed by atoms with Gasteiger partial charge in [0.05, 0.1) is 9.95 Å². The van der Waals surface area contributed by atoms with Gasteiger partial charge in [-0.25, -0.2) is 4.79 Å². The van der Waals surface area contributed by atoms with Crippen LogP contribution in [0.1, 0.15) is 69.3 Å². The number of ketones is 1. The molecule has 1 aromatic rings. The number of likely N-dealkylation sites (tertiary alicyclic amines) is 1. The van der Waals surface area contributed by atoms with E-state index in [0.717, 1.165) is 6.42 Å². The number of rotatable bonds is 6. The maximum atomic E-state index is 12.8. The lowest BCUT2D eigenvalue weighted by molar-refractivity contribution is -0.385. The number of carbonyl (C=O) groups excluding carboxylic acids is 2. The van der Waals surface area contributed by atoms with Crippen molar-refractivity contribution >= 4 is 29.2 Å². The summed E-state index contributed by atoms with van der Waals surface area (Å²) in [5, 5.41) is 11.6. The number of hydrogen-bond donors (Lipinski definition) is 0. The van der Waals surface area contributed by atoms with E-state index in [2.05, 4.69) is 0 Å². The Kier molecular flexibility index (Phi) is 7.63. The number of benzene rings is 1. The van der Waals surface area contributed by atoms with Crippen LogP contribution < -0.4 is 0 Å². The van der Waals surface area contributed by atoms with Gasteiger partial charge in [-0.15, -0.1) is 0 Å². The van der Waals surface area contributed by atoms with Gasteiger partial charge in [0.1, 0.15) is 5.60 Å². The molecule has 29 heavy (non-hydrogen) atoms. The van der Waals surface area contributed by atoms with Gasteiger partial charge in [-0.3, -0.25) is 14.9 Å². The minimum atomic E-state index is -0.542. The number of nitrogens with zero attached hydrogens (tertiary/aromatic N) is 2. The summed E-state index contributed by atoms with van der Waals surface area (Å²) in [6.07, 6.45) is 2.56. The molecule has 1 fully saturated rings. The maximum absolute atomic E-state index is 12.8. The van der Waals surface area contributed by atoms with Gasteiger partial charge in [-0.1, -0.05) is 24.9 Å². The highest BCUT2D eigenvalue weighted by Crippen LogP contribution is 2.31. The first-order valence-corrected chi connectivity index (χ1v) is 10.4. The van der Waals surface area contributed by atoms with E-state index in [1.807, 2.05) is 27.7 Å². The first-order valence-electron chi connectivity index (χ1n) is 9.99. The summed E-state index contributed by atoms with van der Waals surface area (Å²) in [6, 6.07) is 2.85. The van der Waals surface area contributed by atoms with Crippen LogP contribution in [-0.4, -0.2) is 40.4 Å². The van der Waals surface area contributed by atoms with E-state index in [0.29, 0.717) is 37.9 Å². The van der Waals surface area contributed by atoms with Gasteiger partial charge in [-0.05, 0) is 52.0 Å². The Morgan fingerprint density at radius 1 is 1.28 bits per heavy atom. The second kappa shape index (κ2) is 9.57. The van der Waals surface area contributed by atoms with E-state index in [1.54, 1.807) is 11.0 Å². The number of aryl methyl sites for hydroxylation is 1. The third kappa shape index (κ3) is 6.42. The standard InChI is InChI=1S/C21H29ClN2O5/c1-5-6-15-12-17(22)16(13-18(15)24(27)28)19(25)11-14-7-9-23(10-8-14)20(26)29-21(2,3)4/h12-14H,5-11H2,1-4H3. The topological polar surface area (TPSA) is 89.8 Å². The van der Waals surface area contributed by atoms with Gasteiger partial charge in [-0.2, -0.15) is 0 Å². The minimum absolute atomic E-state index is 0.0562. The van der Waals surface area contributed by atoms with E-state index in [-0.39, 0.29) is 40.5 Å². The van der Waals surface area contributed by atoms with Gasteiger partial charge >= 0.3 is 6.09 Å². The first-order chi connectivity index (χ1) is 13.5. The van der Waals surface area contributed by atoms with Crippen LogP contribution >= 0.6 is 11.6 Å². The number of nitro benzene ring substituents is 1. The quantitative estimate of drug-likeness (QED) is 0.345. The normalized spacial score (nSPS) is 15.3. The van der Waals surface area contributed by atoms with Crippen molar-refractivity contribution in [3.8, 4) is 0 Å². The van der Waals surface area contributed by atoms with Gasteiger partial charge < -0.3 is 9.64 Å². The number of amides is 1. The van der Waals surface area contributed by atoms with Crippen molar-refractivity contribution < 1.29 is 19.2 Å². The molecule has 1 aliphatic heterocycles. The van der Waals surface area contributed by atoms with Crippen molar-refractivity contribution in [2.75, 3.05) is 13.1 Å². The average Bonchev–Trinajstić information content (AvgIpc) is 2.60. The highest BCUT2D eigenvalue weighted by atomic mass is 35.5. The van der Waals surface area contributed by atoms with E-state index in [4.69, 9.17) is 16.3 Å². The molecule has 0 aromatic heterocycles. The second-order valence-electron chi connectivity index (χ2n) is 8.51. The molecule has 1 saturated heterocycles. The van der Waals surface area contributed by atoms with Crippen LogP contribution in [0.25, 0.3) is 0 Å². The summed E-state index contributed by atoms with van der Waals surface area (Å²) in [6.45, 7) is 8.45. The molecule has 2 rings (SSSR count). The van der Waals surface area contributed by atoms with Crippen molar-refractivity contribution in [2.24, 2.45) is 5.92 Å². The number of halogens is 1. The van der Waals surface area contributed by atoms with Crippen molar-refractivity contribution in [1.29, 1.82) is 0 Å². The summed E-state index contributed by atoms with van der Waals surface area (Å²) in [5.41, 5.74) is 0.149. The Labute approximate surface area is 176 Å². The highest BCUT2D eigenvalue weighted by molar-refractivity contribution is 6.34. The molecule has 0 N–H and O–H groups in total. The monoisotopic (exact) mass is 424 g/mol. The Bertz CT molecular complexity index is 780. The van der Waals surface area contributed by atoms with E-state index < -0.39 is 10.5 Å². The third-order valence-electron chi connectivity index (χ3n) is 4.93. The number of carbonyl (C=O) groups is 2. The lowest BCUT2D eigenvalue weighted by Crippen LogP contribution is -2.42. The van der Waals surface area contributed by atoms with E-state index >= 15 is 0 Å². The molecule has 1 amide bonds.